The van der Waals surface area contributed by atoms with E-state index in [9.17, 15) is 9.59 Å². The van der Waals surface area contributed by atoms with Crippen molar-refractivity contribution in [2.24, 2.45) is 0 Å². The molecule has 1 N–H and O–H groups in total. The summed E-state index contributed by atoms with van der Waals surface area (Å²) in [6.07, 6.45) is 1.56. The maximum Gasteiger partial charge on any atom is 0.270 e. The predicted octanol–water partition coefficient (Wildman–Crippen LogP) is 2.80. The van der Waals surface area contributed by atoms with Crippen LogP contribution in [0.25, 0.3) is 0 Å². The molecule has 2 aromatic rings. The van der Waals surface area contributed by atoms with Crippen molar-refractivity contribution in [3.63, 3.8) is 0 Å². The molecular formula is C16H18N2O2. The summed E-state index contributed by atoms with van der Waals surface area (Å²) in [7, 11) is 1.75. The second kappa shape index (κ2) is 5.74. The first-order chi connectivity index (χ1) is 9.47. The number of benzene rings is 1. The Balaban J connectivity index is 2.07. The van der Waals surface area contributed by atoms with Gasteiger partial charge in [-0.1, -0.05) is 29.8 Å². The topological polar surface area (TPSA) is 53.2 Å². The number of ketones is 1. The molecule has 0 unspecified atom stereocenters. The normalized spacial score (nSPS) is 10.3. The lowest BCUT2D eigenvalue weighted by Gasteiger charge is -2.16. The lowest BCUT2D eigenvalue weighted by molar-refractivity contribution is 0.0780. The monoisotopic (exact) mass is 270 g/mol. The fourth-order valence-corrected chi connectivity index (χ4v) is 1.97. The van der Waals surface area contributed by atoms with Crippen molar-refractivity contribution >= 4 is 11.7 Å². The van der Waals surface area contributed by atoms with Gasteiger partial charge >= 0.3 is 0 Å². The number of rotatable bonds is 4. The van der Waals surface area contributed by atoms with Crippen LogP contribution in [0.2, 0.25) is 0 Å². The molecule has 0 aliphatic carbocycles. The maximum atomic E-state index is 12.2. The number of carbonyl (C=O) groups is 2. The van der Waals surface area contributed by atoms with Gasteiger partial charge in [0.1, 0.15) is 5.69 Å². The van der Waals surface area contributed by atoms with Crippen LogP contribution in [0.1, 0.15) is 38.9 Å². The summed E-state index contributed by atoms with van der Waals surface area (Å²) < 4.78 is 0. The number of amides is 1. The van der Waals surface area contributed by atoms with Crippen molar-refractivity contribution in [1.29, 1.82) is 0 Å². The molecule has 0 saturated carbocycles. The fraction of sp³-hybridized carbons (Fsp3) is 0.250. The van der Waals surface area contributed by atoms with E-state index in [0.29, 0.717) is 17.8 Å². The molecule has 0 fully saturated rings. The zero-order valence-corrected chi connectivity index (χ0v) is 11.9. The summed E-state index contributed by atoms with van der Waals surface area (Å²) in [4.78, 5) is 27.9. The molecule has 20 heavy (non-hydrogen) atoms. The van der Waals surface area contributed by atoms with E-state index in [1.807, 2.05) is 31.2 Å². The van der Waals surface area contributed by atoms with Gasteiger partial charge in [0.2, 0.25) is 0 Å². The van der Waals surface area contributed by atoms with Crippen molar-refractivity contribution in [2.75, 3.05) is 7.05 Å². The molecule has 4 heteroatoms. The molecule has 2 rings (SSSR count). The van der Waals surface area contributed by atoms with Gasteiger partial charge in [0.15, 0.2) is 5.78 Å². The van der Waals surface area contributed by atoms with Gasteiger partial charge in [-0.25, -0.2) is 0 Å². The summed E-state index contributed by atoms with van der Waals surface area (Å²) in [5.41, 5.74) is 3.23. The van der Waals surface area contributed by atoms with Gasteiger partial charge in [0.05, 0.1) is 0 Å². The number of aromatic nitrogens is 1. The average molecular weight is 270 g/mol. The highest BCUT2D eigenvalue weighted by Gasteiger charge is 2.15. The highest BCUT2D eigenvalue weighted by molar-refractivity contribution is 5.98. The molecule has 1 aromatic heterocycles. The van der Waals surface area contributed by atoms with Crippen LogP contribution >= 0.6 is 0 Å². The Bertz CT molecular complexity index is 626. The van der Waals surface area contributed by atoms with Crippen molar-refractivity contribution in [1.82, 2.24) is 9.88 Å². The highest BCUT2D eigenvalue weighted by atomic mass is 16.2. The third-order valence-corrected chi connectivity index (χ3v) is 3.21. The van der Waals surface area contributed by atoms with Crippen molar-refractivity contribution in [3.05, 3.63) is 58.9 Å². The van der Waals surface area contributed by atoms with Gasteiger partial charge in [0.25, 0.3) is 5.91 Å². The number of nitrogens with zero attached hydrogens (tertiary/aromatic N) is 1. The molecule has 0 spiro atoms. The number of aryl methyl sites for hydroxylation is 1. The van der Waals surface area contributed by atoms with Gasteiger partial charge in [-0.05, 0) is 25.5 Å². The number of hydrogen-bond acceptors (Lipinski definition) is 2. The molecule has 1 heterocycles. The molecule has 0 atom stereocenters. The van der Waals surface area contributed by atoms with Crippen molar-refractivity contribution in [2.45, 2.75) is 20.4 Å². The summed E-state index contributed by atoms with van der Waals surface area (Å²) >= 11 is 0. The molecule has 0 aliphatic rings. The van der Waals surface area contributed by atoms with Crippen LogP contribution in [0, 0.1) is 6.92 Å². The van der Waals surface area contributed by atoms with Crippen LogP contribution in [0.4, 0.5) is 0 Å². The smallest absolute Gasteiger partial charge is 0.270 e. The molecule has 0 radical (unpaired) electrons. The summed E-state index contributed by atoms with van der Waals surface area (Å²) in [5, 5.41) is 0. The fourth-order valence-electron chi connectivity index (χ4n) is 1.97. The third-order valence-electron chi connectivity index (χ3n) is 3.21. The minimum absolute atomic E-state index is 0.0542. The van der Waals surface area contributed by atoms with E-state index in [2.05, 4.69) is 4.98 Å². The van der Waals surface area contributed by atoms with Crippen molar-refractivity contribution in [3.8, 4) is 0 Å². The lowest BCUT2D eigenvalue weighted by Crippen LogP contribution is -2.26. The number of H-pyrrole nitrogens is 1. The molecule has 0 saturated heterocycles. The molecule has 104 valence electrons. The summed E-state index contributed by atoms with van der Waals surface area (Å²) in [6.45, 7) is 4.04. The van der Waals surface area contributed by atoms with Gasteiger partial charge in [-0.15, -0.1) is 0 Å². The van der Waals surface area contributed by atoms with Crippen LogP contribution < -0.4 is 0 Å². The van der Waals surface area contributed by atoms with Crippen LogP contribution in [0.15, 0.2) is 36.5 Å². The van der Waals surface area contributed by atoms with Crippen LogP contribution in [-0.2, 0) is 6.54 Å². The third kappa shape index (κ3) is 3.15. The van der Waals surface area contributed by atoms with Crippen LogP contribution in [-0.4, -0.2) is 28.6 Å². The lowest BCUT2D eigenvalue weighted by atomic mass is 10.1. The largest absolute Gasteiger partial charge is 0.356 e. The van der Waals surface area contributed by atoms with Crippen LogP contribution in [0.3, 0.4) is 0 Å². The Morgan fingerprint density at radius 2 is 1.85 bits per heavy atom. The zero-order chi connectivity index (χ0) is 14.7. The van der Waals surface area contributed by atoms with E-state index in [4.69, 9.17) is 0 Å². The van der Waals surface area contributed by atoms with Crippen molar-refractivity contribution < 1.29 is 9.59 Å². The SMILES string of the molecule is CC(=O)c1c[nH]c(C(=O)N(C)Cc2ccc(C)cc2)c1. The van der Waals surface area contributed by atoms with E-state index in [1.54, 1.807) is 24.2 Å². The molecule has 0 bridgehead atoms. The van der Waals surface area contributed by atoms with E-state index < -0.39 is 0 Å². The van der Waals surface area contributed by atoms with Gasteiger partial charge in [0, 0.05) is 25.4 Å². The van der Waals surface area contributed by atoms with E-state index >= 15 is 0 Å². The van der Waals surface area contributed by atoms with Gasteiger partial charge in [-0.2, -0.15) is 0 Å². The number of nitrogens with one attached hydrogen (secondary N) is 1. The zero-order valence-electron chi connectivity index (χ0n) is 11.9. The predicted molar refractivity (Wildman–Crippen MR) is 77.8 cm³/mol. The Morgan fingerprint density at radius 1 is 1.20 bits per heavy atom. The molecule has 1 aromatic carbocycles. The maximum absolute atomic E-state index is 12.2. The highest BCUT2D eigenvalue weighted by Crippen LogP contribution is 2.10. The molecule has 4 nitrogen and oxygen atoms in total. The van der Waals surface area contributed by atoms with Gasteiger partial charge in [-0.3, -0.25) is 9.59 Å². The quantitative estimate of drug-likeness (QED) is 0.868. The van der Waals surface area contributed by atoms with Gasteiger partial charge < -0.3 is 9.88 Å². The van der Waals surface area contributed by atoms with E-state index in [1.165, 1.54) is 12.5 Å². The Morgan fingerprint density at radius 3 is 2.40 bits per heavy atom. The van der Waals surface area contributed by atoms with Crippen LogP contribution in [0.5, 0.6) is 0 Å². The van der Waals surface area contributed by atoms with E-state index in [-0.39, 0.29) is 11.7 Å². The second-order valence-electron chi connectivity index (χ2n) is 5.01. The number of aromatic amines is 1. The summed E-state index contributed by atoms with van der Waals surface area (Å²) in [5.74, 6) is -0.181. The molecular weight excluding hydrogens is 252 g/mol. The molecule has 0 aliphatic heterocycles. The standard InChI is InChI=1S/C16H18N2O2/c1-11-4-6-13(7-5-11)10-18(3)16(20)15-8-14(9-17-15)12(2)19/h4-9,17H,10H2,1-3H3. The second-order valence-corrected chi connectivity index (χ2v) is 5.01. The Hall–Kier alpha value is -2.36. The first-order valence-corrected chi connectivity index (χ1v) is 6.47. The van der Waals surface area contributed by atoms with E-state index in [0.717, 1.165) is 5.56 Å². The number of hydrogen-bond donors (Lipinski definition) is 1. The minimum atomic E-state index is -0.127. The first kappa shape index (κ1) is 14.1. The minimum Gasteiger partial charge on any atom is -0.356 e. The Labute approximate surface area is 118 Å². The first-order valence-electron chi connectivity index (χ1n) is 6.47. The number of Topliss-reactive ketones (excluding diaryl/α,β-unsaturated/α-hetero) is 1. The average Bonchev–Trinajstić information content (AvgIpc) is 2.90. The summed E-state index contributed by atoms with van der Waals surface area (Å²) in [6, 6.07) is 9.66. The Kier molecular flexibility index (Phi) is 4.03. The molecule has 1 amide bonds. The number of carbonyl (C=O) groups excluding carboxylic acids is 2.